The molecule has 0 aromatic heterocycles. The van der Waals surface area contributed by atoms with Crippen LogP contribution in [0.15, 0.2) is 77.9 Å². The van der Waals surface area contributed by atoms with Crippen molar-refractivity contribution in [1.29, 1.82) is 0 Å². The van der Waals surface area contributed by atoms with E-state index in [1.165, 1.54) is 25.3 Å². The van der Waals surface area contributed by atoms with Gasteiger partial charge in [-0.05, 0) is 45.8 Å². The lowest BCUT2D eigenvalue weighted by Crippen LogP contribution is -2.39. The quantitative estimate of drug-likeness (QED) is 0.231. The molecule has 1 amide bonds. The molecule has 0 aliphatic heterocycles. The first-order valence-electron chi connectivity index (χ1n) is 10.3. The van der Waals surface area contributed by atoms with Gasteiger partial charge in [0.05, 0.1) is 30.3 Å². The Balaban J connectivity index is 1.59. The number of carbonyl (C=O) groups excluding carboxylic acids is 1. The minimum atomic E-state index is -3.76. The van der Waals surface area contributed by atoms with Crippen LogP contribution in [-0.4, -0.2) is 40.4 Å². The van der Waals surface area contributed by atoms with Gasteiger partial charge in [0.2, 0.25) is 10.0 Å². The molecular weight excluding hydrogens is 474 g/mol. The maximum Gasteiger partial charge on any atom is 0.260 e. The molecule has 0 radical (unpaired) electrons. The number of fused-ring (bicyclic) bond motifs is 2. The second-order valence-corrected chi connectivity index (χ2v) is 9.93. The van der Waals surface area contributed by atoms with Gasteiger partial charge < -0.3 is 4.74 Å². The predicted molar refractivity (Wildman–Crippen MR) is 137 cm³/mol. The Labute approximate surface area is 202 Å². The van der Waals surface area contributed by atoms with Gasteiger partial charge in [0, 0.05) is 5.56 Å². The number of carbonyl (C=O) groups is 1. The zero-order chi connectivity index (χ0) is 24.3. The molecule has 0 fully saturated rings. The monoisotopic (exact) mass is 495 g/mol. The van der Waals surface area contributed by atoms with Gasteiger partial charge in [0.25, 0.3) is 5.91 Å². The van der Waals surface area contributed by atoms with Gasteiger partial charge in [-0.15, -0.1) is 0 Å². The van der Waals surface area contributed by atoms with Crippen LogP contribution in [-0.2, 0) is 14.8 Å². The third-order valence-corrected chi connectivity index (χ3v) is 6.74. The molecule has 0 heterocycles. The van der Waals surface area contributed by atoms with Gasteiger partial charge in [0.1, 0.15) is 12.3 Å². The molecule has 0 saturated heterocycles. The SMILES string of the molecule is COc1ccc(N(CC(=O)N/N=C\c2c3ccccc3cc3ccccc23)S(C)(=O)=O)cc1Cl. The fraction of sp³-hybridized carbons (Fsp3) is 0.120. The van der Waals surface area contributed by atoms with Crippen molar-refractivity contribution in [3.63, 3.8) is 0 Å². The highest BCUT2D eigenvalue weighted by Gasteiger charge is 2.21. The minimum absolute atomic E-state index is 0.231. The summed E-state index contributed by atoms with van der Waals surface area (Å²) < 4.78 is 30.8. The summed E-state index contributed by atoms with van der Waals surface area (Å²) in [5, 5.41) is 8.44. The molecule has 4 rings (SSSR count). The smallest absolute Gasteiger partial charge is 0.260 e. The summed E-state index contributed by atoms with van der Waals surface area (Å²) in [6.07, 6.45) is 2.60. The number of ether oxygens (including phenoxy) is 1. The van der Waals surface area contributed by atoms with E-state index in [0.29, 0.717) is 5.75 Å². The van der Waals surface area contributed by atoms with Crippen molar-refractivity contribution in [2.45, 2.75) is 0 Å². The fourth-order valence-corrected chi connectivity index (χ4v) is 4.83. The third kappa shape index (κ3) is 4.98. The number of halogens is 1. The van der Waals surface area contributed by atoms with Gasteiger partial charge in [-0.25, -0.2) is 13.8 Å². The Morgan fingerprint density at radius 2 is 1.65 bits per heavy atom. The Bertz CT molecular complexity index is 1470. The number of methoxy groups -OCH3 is 1. The van der Waals surface area contributed by atoms with Crippen LogP contribution < -0.4 is 14.5 Å². The van der Waals surface area contributed by atoms with Gasteiger partial charge >= 0.3 is 0 Å². The molecule has 34 heavy (non-hydrogen) atoms. The number of sulfonamides is 1. The number of benzene rings is 4. The second kappa shape index (κ2) is 9.70. The number of nitrogens with one attached hydrogen (secondary N) is 1. The Hall–Kier alpha value is -3.62. The Morgan fingerprint density at radius 3 is 2.21 bits per heavy atom. The van der Waals surface area contributed by atoms with E-state index in [1.807, 2.05) is 48.5 Å². The standard InChI is InChI=1S/C25H22ClN3O4S/c1-33-24-12-11-19(14-23(24)26)29(34(2,31)32)16-25(30)28-27-15-22-20-9-5-3-7-17(20)13-18-8-4-6-10-21(18)22/h3-15H,16H2,1-2H3,(H,28,30)/b27-15-. The van der Waals surface area contributed by atoms with Gasteiger partial charge in [-0.3, -0.25) is 9.10 Å². The second-order valence-electron chi connectivity index (χ2n) is 7.61. The van der Waals surface area contributed by atoms with Crippen LogP contribution in [0.1, 0.15) is 5.56 Å². The first-order valence-corrected chi connectivity index (χ1v) is 12.5. The fourth-order valence-electron chi connectivity index (χ4n) is 3.73. The van der Waals surface area contributed by atoms with Crippen LogP contribution in [0.25, 0.3) is 21.5 Å². The molecule has 0 atom stereocenters. The number of nitrogens with zero attached hydrogens (tertiary/aromatic N) is 2. The predicted octanol–water partition coefficient (Wildman–Crippen LogP) is 4.57. The molecule has 0 unspecified atom stereocenters. The highest BCUT2D eigenvalue weighted by atomic mass is 35.5. The molecule has 9 heteroatoms. The van der Waals surface area contributed by atoms with Gasteiger partial charge in [-0.2, -0.15) is 5.10 Å². The highest BCUT2D eigenvalue weighted by molar-refractivity contribution is 7.92. The van der Waals surface area contributed by atoms with E-state index in [0.717, 1.165) is 37.7 Å². The van der Waals surface area contributed by atoms with E-state index in [2.05, 4.69) is 16.6 Å². The van der Waals surface area contributed by atoms with Gasteiger partial charge in [-0.1, -0.05) is 60.1 Å². The summed E-state index contributed by atoms with van der Waals surface area (Å²) in [6, 6.07) is 22.4. The molecule has 4 aromatic carbocycles. The van der Waals surface area contributed by atoms with Crippen molar-refractivity contribution in [2.75, 3.05) is 24.2 Å². The van der Waals surface area contributed by atoms with Gasteiger partial charge in [0.15, 0.2) is 0 Å². The van der Waals surface area contributed by atoms with Crippen molar-refractivity contribution in [3.05, 3.63) is 83.4 Å². The first-order chi connectivity index (χ1) is 16.3. The summed E-state index contributed by atoms with van der Waals surface area (Å²) in [5.41, 5.74) is 3.54. The van der Waals surface area contributed by atoms with Crippen LogP contribution in [0.3, 0.4) is 0 Å². The zero-order valence-electron chi connectivity index (χ0n) is 18.5. The summed E-state index contributed by atoms with van der Waals surface area (Å²) in [4.78, 5) is 12.6. The summed E-state index contributed by atoms with van der Waals surface area (Å²) >= 11 is 6.14. The van der Waals surface area contributed by atoms with Crippen LogP contribution in [0.5, 0.6) is 5.75 Å². The molecule has 174 valence electrons. The van der Waals surface area contributed by atoms with Crippen LogP contribution in [0.2, 0.25) is 5.02 Å². The van der Waals surface area contributed by atoms with Crippen molar-refractivity contribution in [3.8, 4) is 5.75 Å². The average molecular weight is 496 g/mol. The third-order valence-electron chi connectivity index (χ3n) is 5.31. The summed E-state index contributed by atoms with van der Waals surface area (Å²) in [6.45, 7) is -0.463. The molecule has 7 nitrogen and oxygen atoms in total. The van der Waals surface area contributed by atoms with Crippen molar-refractivity contribution in [1.82, 2.24) is 5.43 Å². The molecule has 0 spiro atoms. The van der Waals surface area contributed by atoms with E-state index >= 15 is 0 Å². The summed E-state index contributed by atoms with van der Waals surface area (Å²) in [5.74, 6) is -0.201. The Morgan fingerprint density at radius 1 is 1.03 bits per heavy atom. The zero-order valence-corrected chi connectivity index (χ0v) is 20.1. The molecule has 0 aliphatic carbocycles. The Kier molecular flexibility index (Phi) is 6.72. The number of amides is 1. The van der Waals surface area contributed by atoms with Crippen LogP contribution in [0.4, 0.5) is 5.69 Å². The molecule has 0 bridgehead atoms. The van der Waals surface area contributed by atoms with E-state index < -0.39 is 22.5 Å². The molecule has 0 aliphatic rings. The lowest BCUT2D eigenvalue weighted by Gasteiger charge is -2.22. The van der Waals surface area contributed by atoms with E-state index in [-0.39, 0.29) is 10.7 Å². The van der Waals surface area contributed by atoms with E-state index in [9.17, 15) is 13.2 Å². The van der Waals surface area contributed by atoms with Crippen molar-refractivity contribution < 1.29 is 17.9 Å². The lowest BCUT2D eigenvalue weighted by molar-refractivity contribution is -0.119. The molecular formula is C25H22ClN3O4S. The molecule has 1 N–H and O–H groups in total. The van der Waals surface area contributed by atoms with E-state index in [4.69, 9.17) is 16.3 Å². The number of hydrogen-bond donors (Lipinski definition) is 1. The maximum absolute atomic E-state index is 12.6. The van der Waals surface area contributed by atoms with E-state index in [1.54, 1.807) is 6.21 Å². The van der Waals surface area contributed by atoms with Crippen molar-refractivity contribution >= 4 is 61.0 Å². The minimum Gasteiger partial charge on any atom is -0.495 e. The average Bonchev–Trinajstić information content (AvgIpc) is 2.81. The normalized spacial score (nSPS) is 11.7. The number of anilines is 1. The van der Waals surface area contributed by atoms with Crippen LogP contribution in [0, 0.1) is 0 Å². The number of hydrazone groups is 1. The van der Waals surface area contributed by atoms with Crippen LogP contribution >= 0.6 is 11.6 Å². The molecule has 4 aromatic rings. The van der Waals surface area contributed by atoms with Crippen molar-refractivity contribution in [2.24, 2.45) is 5.10 Å². The topological polar surface area (TPSA) is 88.1 Å². The highest BCUT2D eigenvalue weighted by Crippen LogP contribution is 2.30. The molecule has 0 saturated carbocycles. The maximum atomic E-state index is 12.6. The first kappa shape index (κ1) is 23.5. The largest absolute Gasteiger partial charge is 0.495 e. The summed E-state index contributed by atoms with van der Waals surface area (Å²) in [7, 11) is -2.30. The lowest BCUT2D eigenvalue weighted by atomic mass is 9.97. The number of rotatable bonds is 7. The number of hydrogen-bond acceptors (Lipinski definition) is 5.